The SMILES string of the molecule is C[C@@H](Oc1ccc2c(c1)OCO2)C(=O)N[C@H]1CCOc2ccccc21. The molecule has 2 aliphatic heterocycles. The van der Waals surface area contributed by atoms with E-state index < -0.39 is 6.10 Å². The Morgan fingerprint density at radius 2 is 1.96 bits per heavy atom. The number of ether oxygens (including phenoxy) is 4. The predicted molar refractivity (Wildman–Crippen MR) is 90.1 cm³/mol. The average molecular weight is 341 g/mol. The van der Waals surface area contributed by atoms with E-state index in [4.69, 9.17) is 18.9 Å². The topological polar surface area (TPSA) is 66.0 Å². The smallest absolute Gasteiger partial charge is 0.261 e. The minimum absolute atomic E-state index is 0.0692. The first-order chi connectivity index (χ1) is 12.2. The maximum atomic E-state index is 12.5. The van der Waals surface area contributed by atoms with Crippen molar-refractivity contribution >= 4 is 5.91 Å². The number of hydrogen-bond acceptors (Lipinski definition) is 5. The molecule has 1 amide bonds. The second-order valence-electron chi connectivity index (χ2n) is 6.01. The second-order valence-corrected chi connectivity index (χ2v) is 6.01. The Hall–Kier alpha value is -2.89. The highest BCUT2D eigenvalue weighted by Crippen LogP contribution is 2.35. The van der Waals surface area contributed by atoms with Crippen LogP contribution in [0.2, 0.25) is 0 Å². The van der Waals surface area contributed by atoms with Crippen molar-refractivity contribution in [2.45, 2.75) is 25.5 Å². The van der Waals surface area contributed by atoms with Gasteiger partial charge in [-0.25, -0.2) is 0 Å². The lowest BCUT2D eigenvalue weighted by Gasteiger charge is -2.27. The summed E-state index contributed by atoms with van der Waals surface area (Å²) in [7, 11) is 0. The molecular weight excluding hydrogens is 322 g/mol. The molecule has 0 aliphatic carbocycles. The van der Waals surface area contributed by atoms with E-state index in [0.717, 1.165) is 17.7 Å². The van der Waals surface area contributed by atoms with Gasteiger partial charge >= 0.3 is 0 Å². The summed E-state index contributed by atoms with van der Waals surface area (Å²) in [6.07, 6.45) is 0.106. The fourth-order valence-corrected chi connectivity index (χ4v) is 2.99. The van der Waals surface area contributed by atoms with E-state index in [1.807, 2.05) is 24.3 Å². The first kappa shape index (κ1) is 15.6. The van der Waals surface area contributed by atoms with E-state index in [1.165, 1.54) is 0 Å². The lowest BCUT2D eigenvalue weighted by Crippen LogP contribution is -2.40. The molecule has 4 rings (SSSR count). The van der Waals surface area contributed by atoms with E-state index in [9.17, 15) is 4.79 Å². The third-order valence-corrected chi connectivity index (χ3v) is 4.30. The van der Waals surface area contributed by atoms with Crippen molar-refractivity contribution in [3.63, 3.8) is 0 Å². The van der Waals surface area contributed by atoms with Crippen LogP contribution < -0.4 is 24.3 Å². The van der Waals surface area contributed by atoms with Crippen LogP contribution in [0, 0.1) is 0 Å². The number of nitrogens with one attached hydrogen (secondary N) is 1. The molecule has 2 atom stereocenters. The molecule has 6 nitrogen and oxygen atoms in total. The number of hydrogen-bond donors (Lipinski definition) is 1. The van der Waals surface area contributed by atoms with E-state index in [1.54, 1.807) is 25.1 Å². The predicted octanol–water partition coefficient (Wildman–Crippen LogP) is 2.82. The van der Waals surface area contributed by atoms with Gasteiger partial charge in [0.1, 0.15) is 11.5 Å². The van der Waals surface area contributed by atoms with Gasteiger partial charge in [0.25, 0.3) is 5.91 Å². The van der Waals surface area contributed by atoms with Crippen molar-refractivity contribution in [2.75, 3.05) is 13.4 Å². The third-order valence-electron chi connectivity index (χ3n) is 4.30. The maximum Gasteiger partial charge on any atom is 0.261 e. The van der Waals surface area contributed by atoms with Crippen LogP contribution in [0.5, 0.6) is 23.0 Å². The van der Waals surface area contributed by atoms with Gasteiger partial charge in [0.15, 0.2) is 17.6 Å². The number of carbonyl (C=O) groups is 1. The molecule has 1 N–H and O–H groups in total. The normalized spacial score (nSPS) is 18.7. The molecule has 25 heavy (non-hydrogen) atoms. The Morgan fingerprint density at radius 3 is 2.88 bits per heavy atom. The maximum absolute atomic E-state index is 12.5. The highest BCUT2D eigenvalue weighted by molar-refractivity contribution is 5.81. The zero-order valence-electron chi connectivity index (χ0n) is 13.9. The van der Waals surface area contributed by atoms with E-state index in [2.05, 4.69) is 5.32 Å². The summed E-state index contributed by atoms with van der Waals surface area (Å²) < 4.78 is 22.0. The van der Waals surface area contributed by atoms with Crippen LogP contribution in [-0.4, -0.2) is 25.4 Å². The molecule has 0 saturated heterocycles. The van der Waals surface area contributed by atoms with Gasteiger partial charge in [-0.2, -0.15) is 0 Å². The summed E-state index contributed by atoms with van der Waals surface area (Å²) in [6.45, 7) is 2.52. The molecule has 0 unspecified atom stereocenters. The summed E-state index contributed by atoms with van der Waals surface area (Å²) in [6, 6.07) is 13.0. The van der Waals surface area contributed by atoms with Crippen molar-refractivity contribution in [3.8, 4) is 23.0 Å². The average Bonchev–Trinajstić information content (AvgIpc) is 3.10. The summed E-state index contributed by atoms with van der Waals surface area (Å²) in [5, 5.41) is 3.05. The molecule has 6 heteroatoms. The van der Waals surface area contributed by atoms with Gasteiger partial charge in [0.2, 0.25) is 6.79 Å². The molecule has 0 radical (unpaired) electrons. The minimum Gasteiger partial charge on any atom is -0.493 e. The largest absolute Gasteiger partial charge is 0.493 e. The Morgan fingerprint density at radius 1 is 1.12 bits per heavy atom. The van der Waals surface area contributed by atoms with Crippen LogP contribution in [-0.2, 0) is 4.79 Å². The van der Waals surface area contributed by atoms with Gasteiger partial charge in [-0.05, 0) is 25.1 Å². The number of carbonyl (C=O) groups excluding carboxylic acids is 1. The van der Waals surface area contributed by atoms with Crippen LogP contribution >= 0.6 is 0 Å². The molecule has 0 bridgehead atoms. The molecule has 130 valence electrons. The van der Waals surface area contributed by atoms with E-state index in [-0.39, 0.29) is 18.7 Å². The zero-order chi connectivity index (χ0) is 17.2. The van der Waals surface area contributed by atoms with Gasteiger partial charge in [-0.3, -0.25) is 4.79 Å². The number of rotatable bonds is 4. The number of fused-ring (bicyclic) bond motifs is 2. The summed E-state index contributed by atoms with van der Waals surface area (Å²) in [5.74, 6) is 2.54. The summed E-state index contributed by atoms with van der Waals surface area (Å²) >= 11 is 0. The van der Waals surface area contributed by atoms with Gasteiger partial charge in [0, 0.05) is 18.1 Å². The zero-order valence-corrected chi connectivity index (χ0v) is 13.9. The van der Waals surface area contributed by atoms with Gasteiger partial charge in [-0.1, -0.05) is 18.2 Å². The van der Waals surface area contributed by atoms with E-state index >= 15 is 0 Å². The lowest BCUT2D eigenvalue weighted by atomic mass is 10.0. The van der Waals surface area contributed by atoms with Crippen molar-refractivity contribution in [2.24, 2.45) is 0 Å². The molecular formula is C19H19NO5. The summed E-state index contributed by atoms with van der Waals surface area (Å²) in [4.78, 5) is 12.5. The molecule has 0 saturated carbocycles. The Balaban J connectivity index is 1.41. The Kier molecular flexibility index (Phi) is 4.09. The van der Waals surface area contributed by atoms with Crippen molar-refractivity contribution < 1.29 is 23.7 Å². The van der Waals surface area contributed by atoms with Gasteiger partial charge < -0.3 is 24.3 Å². The van der Waals surface area contributed by atoms with Crippen LogP contribution in [0.25, 0.3) is 0 Å². The fourth-order valence-electron chi connectivity index (χ4n) is 2.99. The number of para-hydroxylation sites is 1. The number of benzene rings is 2. The van der Waals surface area contributed by atoms with Crippen molar-refractivity contribution in [1.29, 1.82) is 0 Å². The van der Waals surface area contributed by atoms with Gasteiger partial charge in [-0.15, -0.1) is 0 Å². The van der Waals surface area contributed by atoms with Gasteiger partial charge in [0.05, 0.1) is 12.6 Å². The molecule has 0 spiro atoms. The van der Waals surface area contributed by atoms with Crippen LogP contribution in [0.15, 0.2) is 42.5 Å². The van der Waals surface area contributed by atoms with Crippen LogP contribution in [0.3, 0.4) is 0 Å². The molecule has 0 aromatic heterocycles. The molecule has 2 heterocycles. The third kappa shape index (κ3) is 3.20. The highest BCUT2D eigenvalue weighted by atomic mass is 16.7. The highest BCUT2D eigenvalue weighted by Gasteiger charge is 2.25. The molecule has 2 aromatic carbocycles. The van der Waals surface area contributed by atoms with Crippen LogP contribution in [0.1, 0.15) is 24.9 Å². The lowest BCUT2D eigenvalue weighted by molar-refractivity contribution is -0.128. The number of amides is 1. The quantitative estimate of drug-likeness (QED) is 0.926. The van der Waals surface area contributed by atoms with Crippen molar-refractivity contribution in [3.05, 3.63) is 48.0 Å². The molecule has 0 fully saturated rings. The Bertz CT molecular complexity index is 791. The first-order valence-electron chi connectivity index (χ1n) is 8.29. The summed E-state index contributed by atoms with van der Waals surface area (Å²) in [5.41, 5.74) is 0.998. The Labute approximate surface area is 145 Å². The molecule has 2 aromatic rings. The van der Waals surface area contributed by atoms with Crippen molar-refractivity contribution in [1.82, 2.24) is 5.32 Å². The standard InChI is InChI=1S/C19H19NO5/c1-12(25-13-6-7-17-18(10-13)24-11-23-17)19(21)20-15-8-9-22-16-5-3-2-4-14(15)16/h2-7,10,12,15H,8-9,11H2,1H3,(H,20,21)/t12-,15+/m1/s1. The monoisotopic (exact) mass is 341 g/mol. The second kappa shape index (κ2) is 6.55. The molecule has 2 aliphatic rings. The fraction of sp³-hybridized carbons (Fsp3) is 0.316. The minimum atomic E-state index is -0.629. The van der Waals surface area contributed by atoms with E-state index in [0.29, 0.717) is 23.9 Å². The van der Waals surface area contributed by atoms with Crippen LogP contribution in [0.4, 0.5) is 0 Å². The first-order valence-corrected chi connectivity index (χ1v) is 8.29.